The Kier molecular flexibility index (Phi) is 8.67. The van der Waals surface area contributed by atoms with E-state index in [1.807, 2.05) is 18.8 Å². The Balaban J connectivity index is 0.00000312. The van der Waals surface area contributed by atoms with Crippen molar-refractivity contribution < 1.29 is 9.47 Å². The zero-order chi connectivity index (χ0) is 17.7. The number of hydrogen-bond acceptors (Lipinski definition) is 4. The van der Waals surface area contributed by atoms with Gasteiger partial charge in [0.25, 0.3) is 0 Å². The summed E-state index contributed by atoms with van der Waals surface area (Å²) in [5.74, 6) is 2.54. The summed E-state index contributed by atoms with van der Waals surface area (Å²) in [7, 11) is 5.20. The van der Waals surface area contributed by atoms with Gasteiger partial charge in [0, 0.05) is 31.4 Å². The molecule has 0 fully saturated rings. The molecule has 25 heavy (non-hydrogen) atoms. The Labute approximate surface area is 173 Å². The van der Waals surface area contributed by atoms with Crippen LogP contribution in [0.4, 0.5) is 0 Å². The van der Waals surface area contributed by atoms with E-state index in [2.05, 4.69) is 47.4 Å². The number of aliphatic imine (C=N–C) groups is 1. The molecule has 1 aromatic rings. The molecule has 7 heteroatoms. The van der Waals surface area contributed by atoms with Gasteiger partial charge in [0.2, 0.25) is 0 Å². The summed E-state index contributed by atoms with van der Waals surface area (Å²) in [4.78, 5) is 6.76. The van der Waals surface area contributed by atoms with E-state index in [4.69, 9.17) is 9.47 Å². The van der Waals surface area contributed by atoms with E-state index in [1.165, 1.54) is 11.1 Å². The molecule has 142 valence electrons. The lowest BCUT2D eigenvalue weighted by Gasteiger charge is -2.33. The summed E-state index contributed by atoms with van der Waals surface area (Å²) in [6.07, 6.45) is 3.11. The minimum Gasteiger partial charge on any atom is -0.493 e. The maximum Gasteiger partial charge on any atom is 0.194 e. The standard InChI is InChI=1S/C18H29N3O2S.HI/c1-18(2,24-6)12-20-17(19-3)21-8-7-13-9-15(22-4)16(23-5)10-14(13)11-21;/h9-10H,7-8,11-12H2,1-6H3,(H,19,20);1H. The zero-order valence-corrected chi connectivity index (χ0v) is 19.2. The Hall–Kier alpha value is -0.830. The topological polar surface area (TPSA) is 46.1 Å². The summed E-state index contributed by atoms with van der Waals surface area (Å²) < 4.78 is 11.0. The fraction of sp³-hybridized carbons (Fsp3) is 0.611. The second-order valence-corrected chi connectivity index (χ2v) is 8.03. The number of guanidine groups is 1. The van der Waals surface area contributed by atoms with Gasteiger partial charge in [0.15, 0.2) is 17.5 Å². The number of thioether (sulfide) groups is 1. The highest BCUT2D eigenvalue weighted by Gasteiger charge is 2.23. The predicted octanol–water partition coefficient (Wildman–Crippen LogP) is 3.40. The van der Waals surface area contributed by atoms with Gasteiger partial charge in [-0.3, -0.25) is 4.99 Å². The molecule has 1 aromatic carbocycles. The summed E-state index contributed by atoms with van der Waals surface area (Å²) in [6, 6.07) is 4.18. The maximum absolute atomic E-state index is 5.44. The van der Waals surface area contributed by atoms with Crippen molar-refractivity contribution in [1.29, 1.82) is 0 Å². The summed E-state index contributed by atoms with van der Waals surface area (Å²) in [5.41, 5.74) is 2.59. The van der Waals surface area contributed by atoms with Crippen LogP contribution in [0.1, 0.15) is 25.0 Å². The number of nitrogens with one attached hydrogen (secondary N) is 1. The zero-order valence-electron chi connectivity index (χ0n) is 16.0. The molecule has 0 amide bonds. The number of nitrogens with zero attached hydrogens (tertiary/aromatic N) is 2. The van der Waals surface area contributed by atoms with Gasteiger partial charge in [-0.25, -0.2) is 0 Å². The second kappa shape index (κ2) is 9.75. The molecule has 2 rings (SSSR count). The van der Waals surface area contributed by atoms with Gasteiger partial charge in [-0.1, -0.05) is 0 Å². The van der Waals surface area contributed by atoms with Crippen LogP contribution in [-0.2, 0) is 13.0 Å². The monoisotopic (exact) mass is 479 g/mol. The predicted molar refractivity (Wildman–Crippen MR) is 118 cm³/mol. The van der Waals surface area contributed by atoms with Gasteiger partial charge < -0.3 is 19.7 Å². The Morgan fingerprint density at radius 3 is 2.36 bits per heavy atom. The highest BCUT2D eigenvalue weighted by atomic mass is 127. The molecule has 0 aliphatic carbocycles. The molecule has 1 aliphatic rings. The van der Waals surface area contributed by atoms with E-state index in [-0.39, 0.29) is 28.7 Å². The molecule has 0 saturated heterocycles. The number of rotatable bonds is 5. The summed E-state index contributed by atoms with van der Waals surface area (Å²) >= 11 is 1.86. The lowest BCUT2D eigenvalue weighted by Crippen LogP contribution is -2.47. The summed E-state index contributed by atoms with van der Waals surface area (Å²) in [5, 5.41) is 3.51. The normalized spacial score (nSPS) is 14.5. The highest BCUT2D eigenvalue weighted by Crippen LogP contribution is 2.33. The molecule has 0 radical (unpaired) electrons. The van der Waals surface area contributed by atoms with Crippen molar-refractivity contribution in [1.82, 2.24) is 10.2 Å². The molecule has 1 aliphatic heterocycles. The van der Waals surface area contributed by atoms with E-state index in [9.17, 15) is 0 Å². The quantitative estimate of drug-likeness (QED) is 0.399. The first-order valence-corrected chi connectivity index (χ1v) is 9.41. The van der Waals surface area contributed by atoms with Gasteiger partial charge >= 0.3 is 0 Å². The molecule has 1 heterocycles. The number of benzene rings is 1. The third-order valence-corrected chi connectivity index (χ3v) is 5.70. The smallest absolute Gasteiger partial charge is 0.194 e. The number of methoxy groups -OCH3 is 2. The first kappa shape index (κ1) is 22.2. The number of hydrogen-bond donors (Lipinski definition) is 1. The second-order valence-electron chi connectivity index (χ2n) is 6.51. The van der Waals surface area contributed by atoms with E-state index in [0.29, 0.717) is 0 Å². The van der Waals surface area contributed by atoms with Crippen molar-refractivity contribution in [3.63, 3.8) is 0 Å². The van der Waals surface area contributed by atoms with Crippen LogP contribution in [-0.4, -0.2) is 56.2 Å². The van der Waals surface area contributed by atoms with Gasteiger partial charge in [-0.15, -0.1) is 24.0 Å². The van der Waals surface area contributed by atoms with Crippen molar-refractivity contribution >= 4 is 41.7 Å². The lowest BCUT2D eigenvalue weighted by molar-refractivity contribution is 0.345. The molecular formula is C18H30IN3O2S. The minimum atomic E-state index is 0. The molecule has 0 bridgehead atoms. The van der Waals surface area contributed by atoms with E-state index >= 15 is 0 Å². The van der Waals surface area contributed by atoms with Gasteiger partial charge in [0.1, 0.15) is 0 Å². The van der Waals surface area contributed by atoms with Crippen LogP contribution >= 0.6 is 35.7 Å². The van der Waals surface area contributed by atoms with Gasteiger partial charge in [-0.2, -0.15) is 11.8 Å². The molecule has 0 spiro atoms. The van der Waals surface area contributed by atoms with Crippen molar-refractivity contribution in [2.45, 2.75) is 31.6 Å². The molecule has 0 aromatic heterocycles. The SMILES string of the molecule is CN=C(NCC(C)(C)SC)N1CCc2cc(OC)c(OC)cc2C1.I. The van der Waals surface area contributed by atoms with Crippen LogP contribution in [0.3, 0.4) is 0 Å². The van der Waals surface area contributed by atoms with E-state index < -0.39 is 0 Å². The maximum atomic E-state index is 5.44. The first-order chi connectivity index (χ1) is 11.4. The fourth-order valence-electron chi connectivity index (χ4n) is 2.76. The van der Waals surface area contributed by atoms with Gasteiger partial charge in [-0.05, 0) is 49.8 Å². The lowest BCUT2D eigenvalue weighted by atomic mass is 9.99. The first-order valence-electron chi connectivity index (χ1n) is 8.18. The van der Waals surface area contributed by atoms with Crippen LogP contribution < -0.4 is 14.8 Å². The Morgan fingerprint density at radius 1 is 1.24 bits per heavy atom. The number of ether oxygens (including phenoxy) is 2. The molecule has 1 N–H and O–H groups in total. The van der Waals surface area contributed by atoms with Crippen molar-refractivity contribution in [2.75, 3.05) is 40.6 Å². The van der Waals surface area contributed by atoms with Crippen LogP contribution in [0, 0.1) is 0 Å². The molecular weight excluding hydrogens is 449 g/mol. The third-order valence-electron chi connectivity index (χ3n) is 4.45. The fourth-order valence-corrected chi connectivity index (χ4v) is 2.98. The number of fused-ring (bicyclic) bond motifs is 1. The largest absolute Gasteiger partial charge is 0.493 e. The van der Waals surface area contributed by atoms with Crippen molar-refractivity contribution in [3.05, 3.63) is 23.3 Å². The Morgan fingerprint density at radius 2 is 1.84 bits per heavy atom. The van der Waals surface area contributed by atoms with Crippen LogP contribution in [0.25, 0.3) is 0 Å². The van der Waals surface area contributed by atoms with Crippen LogP contribution in [0.15, 0.2) is 17.1 Å². The Bertz CT molecular complexity index is 608. The van der Waals surface area contributed by atoms with Crippen LogP contribution in [0.5, 0.6) is 11.5 Å². The average molecular weight is 479 g/mol. The molecule has 5 nitrogen and oxygen atoms in total. The van der Waals surface area contributed by atoms with E-state index in [1.54, 1.807) is 14.2 Å². The average Bonchev–Trinajstić information content (AvgIpc) is 2.60. The third kappa shape index (κ3) is 5.57. The van der Waals surface area contributed by atoms with E-state index in [0.717, 1.165) is 43.5 Å². The highest BCUT2D eigenvalue weighted by molar-refractivity contribution is 14.0. The molecule has 0 unspecified atom stereocenters. The van der Waals surface area contributed by atoms with Crippen LogP contribution in [0.2, 0.25) is 0 Å². The summed E-state index contributed by atoms with van der Waals surface area (Å²) in [6.45, 7) is 7.13. The van der Waals surface area contributed by atoms with Gasteiger partial charge in [0.05, 0.1) is 14.2 Å². The molecule has 0 saturated carbocycles. The number of halogens is 1. The van der Waals surface area contributed by atoms with Crippen molar-refractivity contribution in [3.8, 4) is 11.5 Å². The minimum absolute atomic E-state index is 0. The molecule has 0 atom stereocenters. The van der Waals surface area contributed by atoms with Crippen molar-refractivity contribution in [2.24, 2.45) is 4.99 Å².